The fraction of sp³-hybridized carbons (Fsp3) is 0.154. The summed E-state index contributed by atoms with van der Waals surface area (Å²) in [6.45, 7) is 7.97. The van der Waals surface area contributed by atoms with E-state index in [1.165, 1.54) is 5.56 Å². The first-order valence-corrected chi connectivity index (χ1v) is 10.8. The number of nitrogens with one attached hydrogen (secondary N) is 1. The molecule has 1 heterocycles. The number of para-hydroxylation sites is 1. The number of benzene rings is 3. The molecule has 0 aliphatic rings. The van der Waals surface area contributed by atoms with Crippen LogP contribution in [0, 0.1) is 27.7 Å². The third-order valence-corrected chi connectivity index (χ3v) is 6.01. The average molecular weight is 449 g/mol. The van der Waals surface area contributed by atoms with E-state index >= 15 is 0 Å². The van der Waals surface area contributed by atoms with Gasteiger partial charge in [0.05, 0.1) is 21.8 Å². The molecule has 4 aromatic rings. The number of fused-ring (bicyclic) bond motifs is 1. The summed E-state index contributed by atoms with van der Waals surface area (Å²) < 4.78 is 0. The van der Waals surface area contributed by atoms with Crippen molar-refractivity contribution < 1.29 is 4.79 Å². The Bertz CT molecular complexity index is 1320. The predicted molar refractivity (Wildman–Crippen MR) is 131 cm³/mol. The summed E-state index contributed by atoms with van der Waals surface area (Å²) in [5.74, 6) is -0.169. The quantitative estimate of drug-likeness (QED) is 0.348. The first-order chi connectivity index (χ1) is 14.8. The molecule has 0 atom stereocenters. The standard InChI is InChI=1S/C26H22Cl2N2O/c1-14-11-15(2)24(16(3)12-14)30-26(31)23-17(4)25(19-10-9-18(27)13-21(19)28)29-22-8-6-5-7-20(22)23/h5-13H,1-4H3,(H,30,31). The number of hydrogen-bond donors (Lipinski definition) is 1. The molecule has 0 saturated carbocycles. The lowest BCUT2D eigenvalue weighted by Gasteiger charge is -2.17. The molecule has 0 radical (unpaired) electrons. The molecular weight excluding hydrogens is 427 g/mol. The number of carbonyl (C=O) groups is 1. The van der Waals surface area contributed by atoms with Gasteiger partial charge >= 0.3 is 0 Å². The molecular formula is C26H22Cl2N2O. The van der Waals surface area contributed by atoms with Gasteiger partial charge in [0.1, 0.15) is 0 Å². The number of aryl methyl sites for hydroxylation is 3. The Balaban J connectivity index is 1.91. The van der Waals surface area contributed by atoms with Crippen LogP contribution in [0.4, 0.5) is 5.69 Å². The van der Waals surface area contributed by atoms with E-state index in [9.17, 15) is 4.79 Å². The molecule has 0 aliphatic heterocycles. The smallest absolute Gasteiger partial charge is 0.256 e. The molecule has 5 heteroatoms. The molecule has 1 amide bonds. The zero-order valence-corrected chi connectivity index (χ0v) is 19.3. The molecule has 31 heavy (non-hydrogen) atoms. The summed E-state index contributed by atoms with van der Waals surface area (Å²) >= 11 is 12.6. The molecule has 1 N–H and O–H groups in total. The fourth-order valence-corrected chi connectivity index (χ4v) is 4.59. The SMILES string of the molecule is Cc1cc(C)c(NC(=O)c2c(C)c(-c3ccc(Cl)cc3Cl)nc3ccccc23)c(C)c1. The van der Waals surface area contributed by atoms with Gasteiger partial charge in [0, 0.05) is 21.7 Å². The van der Waals surface area contributed by atoms with E-state index in [4.69, 9.17) is 28.2 Å². The van der Waals surface area contributed by atoms with Crippen molar-refractivity contribution in [3.05, 3.63) is 92.5 Å². The first-order valence-electron chi connectivity index (χ1n) is 10.00. The average Bonchev–Trinajstić information content (AvgIpc) is 2.70. The van der Waals surface area contributed by atoms with Gasteiger partial charge in [0.2, 0.25) is 0 Å². The summed E-state index contributed by atoms with van der Waals surface area (Å²) in [5.41, 5.74) is 7.56. The third kappa shape index (κ3) is 4.04. The second kappa shape index (κ2) is 8.33. The van der Waals surface area contributed by atoms with Crippen LogP contribution in [0.5, 0.6) is 0 Å². The van der Waals surface area contributed by atoms with Gasteiger partial charge in [-0.1, -0.05) is 59.1 Å². The number of pyridine rings is 1. The van der Waals surface area contributed by atoms with Crippen molar-refractivity contribution in [2.24, 2.45) is 0 Å². The van der Waals surface area contributed by atoms with Gasteiger partial charge in [0.25, 0.3) is 5.91 Å². The van der Waals surface area contributed by atoms with Gasteiger partial charge in [-0.25, -0.2) is 4.98 Å². The van der Waals surface area contributed by atoms with Crippen molar-refractivity contribution in [3.63, 3.8) is 0 Å². The van der Waals surface area contributed by atoms with Gasteiger partial charge in [-0.05, 0) is 68.7 Å². The Kier molecular flexibility index (Phi) is 5.74. The number of amides is 1. The maximum atomic E-state index is 13.6. The zero-order valence-electron chi connectivity index (χ0n) is 17.8. The number of halogens is 2. The normalized spacial score (nSPS) is 11.0. The Hall–Kier alpha value is -2.88. The highest BCUT2D eigenvalue weighted by Crippen LogP contribution is 2.35. The van der Waals surface area contributed by atoms with Crippen molar-refractivity contribution >= 4 is 45.7 Å². The summed E-state index contributed by atoms with van der Waals surface area (Å²) in [6.07, 6.45) is 0. The van der Waals surface area contributed by atoms with Crippen molar-refractivity contribution in [3.8, 4) is 11.3 Å². The summed E-state index contributed by atoms with van der Waals surface area (Å²) in [5, 5.41) is 4.98. The third-order valence-electron chi connectivity index (χ3n) is 5.46. The van der Waals surface area contributed by atoms with Crippen LogP contribution in [0.15, 0.2) is 54.6 Å². The van der Waals surface area contributed by atoms with E-state index in [1.54, 1.807) is 12.1 Å². The number of aromatic nitrogens is 1. The molecule has 0 saturated heterocycles. The second-order valence-corrected chi connectivity index (χ2v) is 8.67. The van der Waals surface area contributed by atoms with Crippen molar-refractivity contribution in [2.75, 3.05) is 5.32 Å². The molecule has 0 unspecified atom stereocenters. The lowest BCUT2D eigenvalue weighted by molar-refractivity contribution is 0.102. The maximum absolute atomic E-state index is 13.6. The fourth-order valence-electron chi connectivity index (χ4n) is 4.10. The lowest BCUT2D eigenvalue weighted by Crippen LogP contribution is -2.17. The zero-order chi connectivity index (χ0) is 22.3. The highest BCUT2D eigenvalue weighted by atomic mass is 35.5. The Morgan fingerprint density at radius 3 is 2.26 bits per heavy atom. The van der Waals surface area contributed by atoms with Gasteiger partial charge < -0.3 is 5.32 Å². The Morgan fingerprint density at radius 1 is 0.903 bits per heavy atom. The van der Waals surface area contributed by atoms with E-state index in [0.29, 0.717) is 21.3 Å². The monoisotopic (exact) mass is 448 g/mol. The van der Waals surface area contributed by atoms with Crippen LogP contribution in [0.3, 0.4) is 0 Å². The molecule has 4 rings (SSSR count). The molecule has 156 valence electrons. The van der Waals surface area contributed by atoms with Gasteiger partial charge in [-0.15, -0.1) is 0 Å². The largest absolute Gasteiger partial charge is 0.321 e. The summed E-state index contributed by atoms with van der Waals surface area (Å²) in [4.78, 5) is 18.4. The van der Waals surface area contributed by atoms with Crippen molar-refractivity contribution in [1.82, 2.24) is 4.98 Å². The van der Waals surface area contributed by atoms with Gasteiger partial charge in [-0.2, -0.15) is 0 Å². The number of hydrogen-bond acceptors (Lipinski definition) is 2. The van der Waals surface area contributed by atoms with E-state index in [0.717, 1.165) is 38.8 Å². The Morgan fingerprint density at radius 2 is 1.58 bits per heavy atom. The molecule has 0 bridgehead atoms. The highest BCUT2D eigenvalue weighted by Gasteiger charge is 2.21. The molecule has 1 aromatic heterocycles. The van der Waals surface area contributed by atoms with Crippen LogP contribution in [-0.4, -0.2) is 10.9 Å². The molecule has 0 spiro atoms. The van der Waals surface area contributed by atoms with E-state index in [-0.39, 0.29) is 5.91 Å². The van der Waals surface area contributed by atoms with Crippen LogP contribution < -0.4 is 5.32 Å². The van der Waals surface area contributed by atoms with Crippen molar-refractivity contribution in [1.29, 1.82) is 0 Å². The van der Waals surface area contributed by atoms with Crippen LogP contribution in [0.2, 0.25) is 10.0 Å². The first kappa shape index (κ1) is 21.4. The van der Waals surface area contributed by atoms with Crippen LogP contribution in [0.25, 0.3) is 22.2 Å². The van der Waals surface area contributed by atoms with Gasteiger partial charge in [0.15, 0.2) is 0 Å². The predicted octanol–water partition coefficient (Wildman–Crippen LogP) is 7.69. The number of carbonyl (C=O) groups excluding carboxylic acids is 1. The number of rotatable bonds is 3. The molecule has 3 nitrogen and oxygen atoms in total. The summed E-state index contributed by atoms with van der Waals surface area (Å²) in [7, 11) is 0. The van der Waals surface area contributed by atoms with Crippen LogP contribution in [0.1, 0.15) is 32.6 Å². The Labute approximate surface area is 192 Å². The number of nitrogens with zero attached hydrogens (tertiary/aromatic N) is 1. The highest BCUT2D eigenvalue weighted by molar-refractivity contribution is 6.36. The number of anilines is 1. The topological polar surface area (TPSA) is 42.0 Å². The lowest BCUT2D eigenvalue weighted by atomic mass is 9.96. The van der Waals surface area contributed by atoms with Crippen LogP contribution in [-0.2, 0) is 0 Å². The summed E-state index contributed by atoms with van der Waals surface area (Å²) in [6, 6.07) is 17.1. The van der Waals surface area contributed by atoms with Crippen LogP contribution >= 0.6 is 23.2 Å². The minimum absolute atomic E-state index is 0.169. The maximum Gasteiger partial charge on any atom is 0.256 e. The van der Waals surface area contributed by atoms with E-state index in [1.807, 2.05) is 58.0 Å². The molecule has 0 fully saturated rings. The van der Waals surface area contributed by atoms with Gasteiger partial charge in [-0.3, -0.25) is 4.79 Å². The minimum atomic E-state index is -0.169. The van der Waals surface area contributed by atoms with E-state index < -0.39 is 0 Å². The van der Waals surface area contributed by atoms with Crippen molar-refractivity contribution in [2.45, 2.75) is 27.7 Å². The molecule has 0 aliphatic carbocycles. The minimum Gasteiger partial charge on any atom is -0.321 e. The van der Waals surface area contributed by atoms with E-state index in [2.05, 4.69) is 17.4 Å². The molecule has 3 aromatic carbocycles. The second-order valence-electron chi connectivity index (χ2n) is 7.83.